The largest absolute Gasteiger partial charge is 0.461 e. The van der Waals surface area contributed by atoms with E-state index in [2.05, 4.69) is 20.9 Å². The molecule has 0 aliphatic carbocycles. The van der Waals surface area contributed by atoms with Gasteiger partial charge in [-0.25, -0.2) is 4.98 Å². The molecule has 1 aliphatic rings. The number of carbonyl (C=O) groups is 2. The van der Waals surface area contributed by atoms with Crippen LogP contribution in [0.2, 0.25) is 0 Å². The van der Waals surface area contributed by atoms with Gasteiger partial charge in [0.1, 0.15) is 18.9 Å². The fourth-order valence-electron chi connectivity index (χ4n) is 3.99. The number of nitrogen functional groups attached to an aromatic ring is 1. The number of hydrogen-bond donors (Lipinski definition) is 1. The Morgan fingerprint density at radius 3 is 2.57 bits per heavy atom. The Balaban J connectivity index is 1.83. The highest BCUT2D eigenvalue weighted by Crippen LogP contribution is 2.40. The number of rotatable bonds is 12. The van der Waals surface area contributed by atoms with E-state index in [4.69, 9.17) is 26.4 Å². The zero-order valence-corrected chi connectivity index (χ0v) is 20.2. The van der Waals surface area contributed by atoms with Crippen molar-refractivity contribution in [1.82, 2.24) is 19.5 Å². The van der Waals surface area contributed by atoms with Gasteiger partial charge < -0.3 is 19.9 Å². The van der Waals surface area contributed by atoms with Crippen molar-refractivity contribution in [3.05, 3.63) is 12.4 Å². The van der Waals surface area contributed by atoms with Gasteiger partial charge in [0.15, 0.2) is 17.0 Å². The maximum atomic E-state index is 13.9. The Kier molecular flexibility index (Phi) is 8.98. The number of nitrogens with zero attached hydrogens (tertiary/aromatic N) is 4. The number of imidazole rings is 1. The number of carbonyl (C=O) groups excluding carboxylic acids is 2. The zero-order valence-electron chi connectivity index (χ0n) is 20.2. The van der Waals surface area contributed by atoms with Crippen molar-refractivity contribution >= 4 is 28.9 Å². The second-order valence-electron chi connectivity index (χ2n) is 8.60. The second kappa shape index (κ2) is 11.9. The molecule has 1 aliphatic heterocycles. The van der Waals surface area contributed by atoms with Gasteiger partial charge in [-0.15, -0.1) is 6.42 Å². The third kappa shape index (κ3) is 6.25. The van der Waals surface area contributed by atoms with Gasteiger partial charge in [-0.05, 0) is 12.8 Å². The number of fused-ring (bicyclic) bond motifs is 1. The summed E-state index contributed by atoms with van der Waals surface area (Å²) in [6, 6.07) is 0. The molecule has 10 nitrogen and oxygen atoms in total. The first-order valence-corrected chi connectivity index (χ1v) is 12.0. The van der Waals surface area contributed by atoms with E-state index < -0.39 is 35.9 Å². The molecule has 3 heterocycles. The van der Waals surface area contributed by atoms with Gasteiger partial charge in [0, 0.05) is 19.3 Å². The quantitative estimate of drug-likeness (QED) is 0.206. The Hall–Kier alpha value is -3.26. The molecule has 2 aromatic rings. The fourth-order valence-corrected chi connectivity index (χ4v) is 3.99. The van der Waals surface area contributed by atoms with Crippen molar-refractivity contribution < 1.29 is 28.2 Å². The summed E-state index contributed by atoms with van der Waals surface area (Å²) < 4.78 is 32.6. The third-order valence-electron chi connectivity index (χ3n) is 5.95. The number of halogens is 1. The van der Waals surface area contributed by atoms with Crippen LogP contribution < -0.4 is 5.73 Å². The van der Waals surface area contributed by atoms with E-state index >= 15 is 0 Å². The van der Waals surface area contributed by atoms with Crippen molar-refractivity contribution in [2.45, 2.75) is 89.6 Å². The highest BCUT2D eigenvalue weighted by Gasteiger charge is 2.52. The molecule has 2 N–H and O–H groups in total. The van der Waals surface area contributed by atoms with E-state index in [0.29, 0.717) is 12.8 Å². The highest BCUT2D eigenvalue weighted by atomic mass is 19.1. The van der Waals surface area contributed by atoms with Gasteiger partial charge in [-0.3, -0.25) is 14.2 Å². The van der Waals surface area contributed by atoms with E-state index in [1.54, 1.807) is 0 Å². The lowest BCUT2D eigenvalue weighted by Gasteiger charge is -2.28. The Morgan fingerprint density at radius 1 is 1.23 bits per heavy atom. The molecule has 2 aromatic heterocycles. The molecule has 3 atom stereocenters. The van der Waals surface area contributed by atoms with Crippen molar-refractivity contribution in [3.8, 4) is 12.3 Å². The van der Waals surface area contributed by atoms with Crippen LogP contribution in [0, 0.1) is 18.4 Å². The molecular formula is C24H32FN5O5. The average Bonchev–Trinajstić information content (AvgIpc) is 3.40. The number of ether oxygens (including phenoxy) is 3. The lowest BCUT2D eigenvalue weighted by molar-refractivity contribution is -0.166. The molecule has 0 bridgehead atoms. The Morgan fingerprint density at radius 2 is 1.91 bits per heavy atom. The van der Waals surface area contributed by atoms with Crippen molar-refractivity contribution in [3.63, 3.8) is 0 Å². The van der Waals surface area contributed by atoms with Crippen molar-refractivity contribution in [2.24, 2.45) is 0 Å². The number of anilines is 1. The molecule has 1 saturated heterocycles. The lowest BCUT2D eigenvalue weighted by Crippen LogP contribution is -2.45. The van der Waals surface area contributed by atoms with Crippen molar-refractivity contribution in [2.75, 3.05) is 12.3 Å². The van der Waals surface area contributed by atoms with Crippen LogP contribution in [0.5, 0.6) is 0 Å². The monoisotopic (exact) mass is 489 g/mol. The molecule has 1 fully saturated rings. The summed E-state index contributed by atoms with van der Waals surface area (Å²) in [4.78, 5) is 36.2. The van der Waals surface area contributed by atoms with Crippen LogP contribution in [0.4, 0.5) is 10.2 Å². The standard InChI is InChI=1S/C24H32FN5O5/c1-4-7-9-11-18(31)33-14-24(6-3)16(34-19(32)12-10-8-5-2)13-17(35-24)30-15-27-20-21(26)28-23(25)29-22(20)30/h3,15-17H,4-5,7-14H2,1-2H3,(H2,26,28,29). The molecule has 0 spiro atoms. The Labute approximate surface area is 203 Å². The second-order valence-corrected chi connectivity index (χ2v) is 8.60. The number of hydrogen-bond acceptors (Lipinski definition) is 9. The average molecular weight is 490 g/mol. The van der Waals surface area contributed by atoms with Gasteiger partial charge in [-0.1, -0.05) is 45.5 Å². The minimum atomic E-state index is -1.53. The number of unbranched alkanes of at least 4 members (excludes halogenated alkanes) is 4. The van der Waals surface area contributed by atoms with E-state index in [0.717, 1.165) is 25.7 Å². The minimum absolute atomic E-state index is 0.109. The first kappa shape index (κ1) is 26.3. The van der Waals surface area contributed by atoms with Gasteiger partial charge in [0.2, 0.25) is 5.60 Å². The molecule has 3 unspecified atom stereocenters. The number of nitrogens with two attached hydrogens (primary N) is 1. The van der Waals surface area contributed by atoms with Gasteiger partial charge in [0.25, 0.3) is 0 Å². The molecule has 11 heteroatoms. The molecule has 0 saturated carbocycles. The summed E-state index contributed by atoms with van der Waals surface area (Å²) in [5.74, 6) is 1.59. The molecule has 3 rings (SSSR count). The predicted molar refractivity (Wildman–Crippen MR) is 125 cm³/mol. The smallest absolute Gasteiger partial charge is 0.312 e. The van der Waals surface area contributed by atoms with E-state index in [-0.39, 0.29) is 42.9 Å². The van der Waals surface area contributed by atoms with Crippen LogP contribution in [0.15, 0.2) is 6.33 Å². The summed E-state index contributed by atoms with van der Waals surface area (Å²) in [6.07, 6.45) is 10.2. The third-order valence-corrected chi connectivity index (χ3v) is 5.95. The number of terminal acetylenes is 1. The molecule has 190 valence electrons. The first-order valence-electron chi connectivity index (χ1n) is 12.0. The number of esters is 2. The molecular weight excluding hydrogens is 457 g/mol. The molecule has 0 radical (unpaired) electrons. The first-order chi connectivity index (χ1) is 16.8. The predicted octanol–water partition coefficient (Wildman–Crippen LogP) is 3.45. The minimum Gasteiger partial charge on any atom is -0.461 e. The summed E-state index contributed by atoms with van der Waals surface area (Å²) in [5.41, 5.74) is 4.54. The summed E-state index contributed by atoms with van der Waals surface area (Å²) in [6.45, 7) is 3.78. The summed E-state index contributed by atoms with van der Waals surface area (Å²) >= 11 is 0. The normalized spacial score (nSPS) is 21.7. The lowest BCUT2D eigenvalue weighted by atomic mass is 9.98. The van der Waals surface area contributed by atoms with E-state index in [9.17, 15) is 14.0 Å². The molecule has 35 heavy (non-hydrogen) atoms. The number of aromatic nitrogens is 4. The van der Waals surface area contributed by atoms with Crippen LogP contribution in [0.3, 0.4) is 0 Å². The van der Waals surface area contributed by atoms with Gasteiger partial charge >= 0.3 is 18.0 Å². The van der Waals surface area contributed by atoms with Crippen LogP contribution in [0.1, 0.15) is 77.9 Å². The highest BCUT2D eigenvalue weighted by molar-refractivity contribution is 5.81. The van der Waals surface area contributed by atoms with Crippen LogP contribution in [-0.2, 0) is 23.8 Å². The summed E-state index contributed by atoms with van der Waals surface area (Å²) in [7, 11) is 0. The van der Waals surface area contributed by atoms with Crippen molar-refractivity contribution in [1.29, 1.82) is 0 Å². The van der Waals surface area contributed by atoms with Crippen LogP contribution in [0.25, 0.3) is 11.2 Å². The van der Waals surface area contributed by atoms with E-state index in [1.165, 1.54) is 10.9 Å². The summed E-state index contributed by atoms with van der Waals surface area (Å²) in [5, 5.41) is 0. The molecule has 0 amide bonds. The maximum absolute atomic E-state index is 13.9. The van der Waals surface area contributed by atoms with Crippen LogP contribution >= 0.6 is 0 Å². The van der Waals surface area contributed by atoms with Gasteiger partial charge in [0.05, 0.1) is 6.33 Å². The fraction of sp³-hybridized carbons (Fsp3) is 0.625. The molecule has 0 aromatic carbocycles. The van der Waals surface area contributed by atoms with Crippen LogP contribution in [-0.4, -0.2) is 49.8 Å². The Bertz CT molecular complexity index is 1080. The topological polar surface area (TPSA) is 131 Å². The van der Waals surface area contributed by atoms with Gasteiger partial charge in [-0.2, -0.15) is 14.4 Å². The maximum Gasteiger partial charge on any atom is 0.312 e. The van der Waals surface area contributed by atoms with E-state index in [1.807, 2.05) is 13.8 Å². The SMILES string of the molecule is C#CC1(COC(=O)CCCCC)OC(n2cnc3c(N)nc(F)nc32)CC1OC(=O)CCCCC. The zero-order chi connectivity index (χ0) is 25.4.